The molecule has 0 spiro atoms. The number of carbonyl (C=O) groups is 4. The minimum atomic E-state index is -0.680. The van der Waals surface area contributed by atoms with Crippen LogP contribution in [0.4, 0.5) is 0 Å². The molecule has 0 heterocycles. The summed E-state index contributed by atoms with van der Waals surface area (Å²) < 4.78 is 4.98. The number of rotatable bonds is 8. The van der Waals surface area contributed by atoms with E-state index in [1.54, 1.807) is 30.3 Å². The van der Waals surface area contributed by atoms with Gasteiger partial charge in [-0.2, -0.15) is 0 Å². The zero-order valence-corrected chi connectivity index (χ0v) is 16.1. The van der Waals surface area contributed by atoms with Crippen molar-refractivity contribution in [2.75, 3.05) is 6.61 Å². The molecular weight excluding hydrogens is 358 g/mol. The first-order valence-corrected chi connectivity index (χ1v) is 9.00. The monoisotopic (exact) mass is 381 g/mol. The highest BCUT2D eigenvalue weighted by Gasteiger charge is 2.19. The molecule has 6 heteroatoms. The largest absolute Gasteiger partial charge is 0.452 e. The summed E-state index contributed by atoms with van der Waals surface area (Å²) in [7, 11) is 0. The smallest absolute Gasteiger partial charge is 0.338 e. The summed E-state index contributed by atoms with van der Waals surface area (Å²) in [5.74, 6) is -2.07. The number of amides is 1. The van der Waals surface area contributed by atoms with Crippen LogP contribution < -0.4 is 5.32 Å². The number of hydrogen-bond acceptors (Lipinski definition) is 5. The van der Waals surface area contributed by atoms with Crippen LogP contribution in [0.15, 0.2) is 54.6 Å². The first-order valence-electron chi connectivity index (χ1n) is 9.00. The number of carbonyl (C=O) groups excluding carboxylic acids is 4. The molecule has 2 rings (SSSR count). The lowest BCUT2D eigenvalue weighted by Gasteiger charge is -2.17. The molecule has 1 N–H and O–H groups in total. The maximum atomic E-state index is 12.3. The van der Waals surface area contributed by atoms with Gasteiger partial charge in [0.05, 0.1) is 5.56 Å². The van der Waals surface area contributed by atoms with Gasteiger partial charge in [-0.05, 0) is 25.0 Å². The molecule has 0 aliphatic carbocycles. The number of ether oxygens (including phenoxy) is 1. The number of benzene rings is 2. The summed E-state index contributed by atoms with van der Waals surface area (Å²) in [6.07, 6.45) is 0. The third kappa shape index (κ3) is 5.61. The van der Waals surface area contributed by atoms with Crippen molar-refractivity contribution in [1.82, 2.24) is 5.32 Å². The standard InChI is InChI=1S/C22H23NO5/c1-14(2)15(3)23-19(24)13-28-22(27)18-11-9-17(10-12-18)21(26)20(25)16-7-5-4-6-8-16/h4-12,14-15H,13H2,1-3H3,(H,23,24)/t15-/m0/s1. The van der Waals surface area contributed by atoms with Gasteiger partial charge in [-0.25, -0.2) is 4.79 Å². The lowest BCUT2D eigenvalue weighted by molar-refractivity contribution is -0.125. The van der Waals surface area contributed by atoms with Crippen molar-refractivity contribution in [3.63, 3.8) is 0 Å². The maximum Gasteiger partial charge on any atom is 0.338 e. The molecule has 2 aromatic rings. The summed E-state index contributed by atoms with van der Waals surface area (Å²) in [6.45, 7) is 5.44. The van der Waals surface area contributed by atoms with Gasteiger partial charge in [0.1, 0.15) is 0 Å². The minimum absolute atomic E-state index is 0.0290. The quantitative estimate of drug-likeness (QED) is 0.431. The topological polar surface area (TPSA) is 89.5 Å². The maximum absolute atomic E-state index is 12.3. The van der Waals surface area contributed by atoms with Crippen LogP contribution >= 0.6 is 0 Å². The van der Waals surface area contributed by atoms with Crippen molar-refractivity contribution in [3.05, 3.63) is 71.3 Å². The Hall–Kier alpha value is -3.28. The van der Waals surface area contributed by atoms with Crippen LogP contribution in [0.25, 0.3) is 0 Å². The second-order valence-electron chi connectivity index (χ2n) is 6.78. The van der Waals surface area contributed by atoms with Crippen molar-refractivity contribution >= 4 is 23.4 Å². The second-order valence-corrected chi connectivity index (χ2v) is 6.78. The van der Waals surface area contributed by atoms with E-state index in [9.17, 15) is 19.2 Å². The lowest BCUT2D eigenvalue weighted by Crippen LogP contribution is -2.38. The van der Waals surface area contributed by atoms with E-state index in [4.69, 9.17) is 4.74 Å². The normalized spacial score (nSPS) is 11.6. The van der Waals surface area contributed by atoms with Gasteiger partial charge in [0.25, 0.3) is 5.91 Å². The van der Waals surface area contributed by atoms with Crippen molar-refractivity contribution in [2.45, 2.75) is 26.8 Å². The average Bonchev–Trinajstić information content (AvgIpc) is 2.71. The summed E-state index contributed by atoms with van der Waals surface area (Å²) in [6, 6.07) is 13.8. The highest BCUT2D eigenvalue weighted by atomic mass is 16.5. The van der Waals surface area contributed by atoms with Gasteiger partial charge in [0.2, 0.25) is 11.6 Å². The summed E-state index contributed by atoms with van der Waals surface area (Å²) in [4.78, 5) is 48.3. The van der Waals surface area contributed by atoms with Gasteiger partial charge in [0, 0.05) is 17.2 Å². The van der Waals surface area contributed by atoms with E-state index in [2.05, 4.69) is 5.32 Å². The third-order valence-corrected chi connectivity index (χ3v) is 4.35. The summed E-state index contributed by atoms with van der Waals surface area (Å²) in [5, 5.41) is 2.74. The van der Waals surface area contributed by atoms with Crippen LogP contribution in [-0.2, 0) is 9.53 Å². The molecule has 6 nitrogen and oxygen atoms in total. The zero-order chi connectivity index (χ0) is 20.7. The van der Waals surface area contributed by atoms with Crippen molar-refractivity contribution < 1.29 is 23.9 Å². The Kier molecular flexibility index (Phi) is 7.21. The van der Waals surface area contributed by atoms with Gasteiger partial charge in [-0.15, -0.1) is 0 Å². The van der Waals surface area contributed by atoms with Crippen LogP contribution in [0.1, 0.15) is 51.8 Å². The van der Waals surface area contributed by atoms with E-state index >= 15 is 0 Å². The van der Waals surface area contributed by atoms with Gasteiger partial charge in [-0.3, -0.25) is 14.4 Å². The van der Waals surface area contributed by atoms with E-state index in [-0.39, 0.29) is 35.6 Å². The van der Waals surface area contributed by atoms with Gasteiger partial charge in [-0.1, -0.05) is 56.3 Å². The molecule has 146 valence electrons. The molecule has 0 saturated carbocycles. The fraction of sp³-hybridized carbons (Fsp3) is 0.273. The number of nitrogens with one attached hydrogen (secondary N) is 1. The molecule has 2 aromatic carbocycles. The summed E-state index contributed by atoms with van der Waals surface area (Å²) in [5.41, 5.74) is 0.667. The van der Waals surface area contributed by atoms with E-state index in [0.717, 1.165) is 0 Å². The first kappa shape index (κ1) is 21.0. The van der Waals surface area contributed by atoms with Gasteiger partial charge >= 0.3 is 5.97 Å². The molecule has 1 atom stereocenters. The van der Waals surface area contributed by atoms with Gasteiger partial charge < -0.3 is 10.1 Å². The van der Waals surface area contributed by atoms with Crippen molar-refractivity contribution in [3.8, 4) is 0 Å². The van der Waals surface area contributed by atoms with Crippen LogP contribution in [0, 0.1) is 5.92 Å². The van der Waals surface area contributed by atoms with Crippen molar-refractivity contribution in [2.24, 2.45) is 5.92 Å². The highest BCUT2D eigenvalue weighted by Crippen LogP contribution is 2.11. The Morgan fingerprint density at radius 1 is 0.786 bits per heavy atom. The molecule has 28 heavy (non-hydrogen) atoms. The van der Waals surface area contributed by atoms with Crippen LogP contribution in [0.2, 0.25) is 0 Å². The van der Waals surface area contributed by atoms with E-state index < -0.39 is 17.5 Å². The van der Waals surface area contributed by atoms with E-state index in [1.807, 2.05) is 20.8 Å². The van der Waals surface area contributed by atoms with E-state index in [1.165, 1.54) is 24.3 Å². The van der Waals surface area contributed by atoms with E-state index in [0.29, 0.717) is 5.56 Å². The fourth-order valence-electron chi connectivity index (χ4n) is 2.29. The predicted octanol–water partition coefficient (Wildman–Crippen LogP) is 3.07. The Morgan fingerprint density at radius 3 is 1.82 bits per heavy atom. The van der Waals surface area contributed by atoms with Crippen LogP contribution in [-0.4, -0.2) is 36.1 Å². The summed E-state index contributed by atoms with van der Waals surface area (Å²) >= 11 is 0. The van der Waals surface area contributed by atoms with Crippen LogP contribution in [0.3, 0.4) is 0 Å². The third-order valence-electron chi connectivity index (χ3n) is 4.35. The first-order chi connectivity index (χ1) is 13.3. The molecule has 1 amide bonds. The fourth-order valence-corrected chi connectivity index (χ4v) is 2.29. The molecule has 0 aliphatic rings. The average molecular weight is 381 g/mol. The molecular formula is C22H23NO5. The number of Topliss-reactive ketones (excluding diaryl/α,β-unsaturated/α-hetero) is 2. The predicted molar refractivity (Wildman–Crippen MR) is 104 cm³/mol. The molecule has 0 saturated heterocycles. The van der Waals surface area contributed by atoms with Crippen LogP contribution in [0.5, 0.6) is 0 Å². The molecule has 0 aromatic heterocycles. The Balaban J connectivity index is 1.94. The Labute approximate surface area is 163 Å². The second kappa shape index (κ2) is 9.60. The zero-order valence-electron chi connectivity index (χ0n) is 16.1. The Bertz CT molecular complexity index is 856. The highest BCUT2D eigenvalue weighted by molar-refractivity contribution is 6.49. The number of hydrogen-bond donors (Lipinski definition) is 1. The minimum Gasteiger partial charge on any atom is -0.452 e. The number of ketones is 2. The SMILES string of the molecule is CC(C)[C@H](C)NC(=O)COC(=O)c1ccc(C(=O)C(=O)c2ccccc2)cc1. The molecule has 0 unspecified atom stereocenters. The van der Waals surface area contributed by atoms with Gasteiger partial charge in [0.15, 0.2) is 6.61 Å². The molecule has 0 aliphatic heterocycles. The molecule has 0 radical (unpaired) electrons. The van der Waals surface area contributed by atoms with Crippen molar-refractivity contribution in [1.29, 1.82) is 0 Å². The molecule has 0 bridgehead atoms. The lowest BCUT2D eigenvalue weighted by atomic mass is 10.0. The Morgan fingerprint density at radius 2 is 1.29 bits per heavy atom. The number of esters is 1. The molecule has 0 fully saturated rings.